The lowest BCUT2D eigenvalue weighted by Crippen LogP contribution is -1.94. The maximum atomic E-state index is 10.6. The molecule has 0 spiro atoms. The zero-order chi connectivity index (χ0) is 11.5. The van der Waals surface area contributed by atoms with Crippen LogP contribution in [0.2, 0.25) is 0 Å². The highest BCUT2D eigenvalue weighted by molar-refractivity contribution is 5.81. The summed E-state index contributed by atoms with van der Waals surface area (Å²) < 4.78 is 4.43. The molecule has 86 valence electrons. The molecule has 0 saturated heterocycles. The van der Waals surface area contributed by atoms with Crippen LogP contribution in [0.15, 0.2) is 12.2 Å². The summed E-state index contributed by atoms with van der Waals surface area (Å²) in [7, 11) is 1.35. The molecule has 0 aromatic carbocycles. The minimum absolute atomic E-state index is 0.248. The molecule has 0 radical (unpaired) electrons. The number of ether oxygens (including phenoxy) is 1. The molecule has 0 saturated carbocycles. The van der Waals surface area contributed by atoms with E-state index in [0.717, 1.165) is 32.1 Å². The van der Waals surface area contributed by atoms with Crippen molar-refractivity contribution in [1.82, 2.24) is 0 Å². The first-order valence-corrected chi connectivity index (χ1v) is 5.13. The highest BCUT2D eigenvalue weighted by Gasteiger charge is 1.95. The normalized spacial score (nSPS) is 10.5. The molecular formula is C11H18O4. The Morgan fingerprint density at radius 2 is 1.87 bits per heavy atom. The Bertz CT molecular complexity index is 221. The van der Waals surface area contributed by atoms with Gasteiger partial charge in [0, 0.05) is 12.5 Å². The molecule has 0 unspecified atom stereocenters. The highest BCUT2D eigenvalue weighted by Crippen LogP contribution is 2.05. The molecule has 0 aromatic rings. The van der Waals surface area contributed by atoms with Crippen LogP contribution in [0.25, 0.3) is 0 Å². The molecule has 0 aliphatic rings. The van der Waals surface area contributed by atoms with Gasteiger partial charge >= 0.3 is 11.9 Å². The Balaban J connectivity index is 3.21. The molecule has 0 atom stereocenters. The molecule has 1 N–H and O–H groups in total. The van der Waals surface area contributed by atoms with Gasteiger partial charge in [-0.3, -0.25) is 4.79 Å². The van der Waals surface area contributed by atoms with E-state index in [9.17, 15) is 9.59 Å². The number of rotatable bonds is 8. The summed E-state index contributed by atoms with van der Waals surface area (Å²) in [5, 5.41) is 8.38. The molecule has 0 bridgehead atoms. The Kier molecular flexibility index (Phi) is 8.43. The Hall–Kier alpha value is -1.32. The number of allylic oxidation sites excluding steroid dienone is 1. The summed E-state index contributed by atoms with van der Waals surface area (Å²) in [5.41, 5.74) is 0. The summed E-state index contributed by atoms with van der Waals surface area (Å²) in [6.07, 6.45) is 7.92. The number of unbranched alkanes of at least 4 members (excludes halogenated alkanes) is 4. The first-order chi connectivity index (χ1) is 7.16. The summed E-state index contributed by atoms with van der Waals surface area (Å²) in [5.74, 6) is -1.07. The SMILES string of the molecule is COC(=O)C=CCCCCCCC(=O)O. The van der Waals surface area contributed by atoms with E-state index >= 15 is 0 Å². The molecule has 0 heterocycles. The van der Waals surface area contributed by atoms with Gasteiger partial charge in [0.15, 0.2) is 0 Å². The zero-order valence-electron chi connectivity index (χ0n) is 9.07. The average Bonchev–Trinajstić information content (AvgIpc) is 2.21. The van der Waals surface area contributed by atoms with Crippen LogP contribution in [0, 0.1) is 0 Å². The predicted octanol–water partition coefficient (Wildman–Crippen LogP) is 2.14. The standard InChI is InChI=1S/C11H18O4/c1-15-11(14)9-7-5-3-2-4-6-8-10(12)13/h7,9H,2-6,8H2,1H3,(H,12,13). The minimum atomic E-state index is -0.736. The smallest absolute Gasteiger partial charge is 0.330 e. The van der Waals surface area contributed by atoms with Gasteiger partial charge in [0.05, 0.1) is 7.11 Å². The van der Waals surface area contributed by atoms with Gasteiger partial charge in [0.25, 0.3) is 0 Å². The van der Waals surface area contributed by atoms with E-state index in [-0.39, 0.29) is 12.4 Å². The number of hydrogen-bond donors (Lipinski definition) is 1. The fourth-order valence-corrected chi connectivity index (χ4v) is 1.14. The maximum absolute atomic E-state index is 10.6. The van der Waals surface area contributed by atoms with Crippen molar-refractivity contribution in [3.05, 3.63) is 12.2 Å². The fraction of sp³-hybridized carbons (Fsp3) is 0.636. The Morgan fingerprint density at radius 1 is 1.20 bits per heavy atom. The monoisotopic (exact) mass is 214 g/mol. The molecule has 0 fully saturated rings. The maximum Gasteiger partial charge on any atom is 0.330 e. The topological polar surface area (TPSA) is 63.6 Å². The first kappa shape index (κ1) is 13.7. The van der Waals surface area contributed by atoms with Crippen molar-refractivity contribution in [2.45, 2.75) is 38.5 Å². The molecule has 0 aromatic heterocycles. The lowest BCUT2D eigenvalue weighted by molar-refractivity contribution is -0.137. The van der Waals surface area contributed by atoms with Crippen LogP contribution in [-0.2, 0) is 14.3 Å². The third kappa shape index (κ3) is 10.6. The summed E-state index contributed by atoms with van der Waals surface area (Å²) in [4.78, 5) is 20.8. The van der Waals surface area contributed by atoms with Crippen LogP contribution in [0.1, 0.15) is 38.5 Å². The lowest BCUT2D eigenvalue weighted by atomic mass is 10.1. The number of carboxylic acids is 1. The zero-order valence-corrected chi connectivity index (χ0v) is 9.07. The van der Waals surface area contributed by atoms with Gasteiger partial charge in [-0.05, 0) is 19.3 Å². The summed E-state index contributed by atoms with van der Waals surface area (Å²) >= 11 is 0. The van der Waals surface area contributed by atoms with Crippen LogP contribution >= 0.6 is 0 Å². The number of carboxylic acid groups (broad SMARTS) is 1. The van der Waals surface area contributed by atoms with E-state index in [1.54, 1.807) is 6.08 Å². The van der Waals surface area contributed by atoms with Crippen LogP contribution in [0.5, 0.6) is 0 Å². The van der Waals surface area contributed by atoms with Gasteiger partial charge in [0.2, 0.25) is 0 Å². The van der Waals surface area contributed by atoms with E-state index in [1.165, 1.54) is 13.2 Å². The van der Waals surface area contributed by atoms with E-state index in [2.05, 4.69) is 4.74 Å². The third-order valence-corrected chi connectivity index (χ3v) is 1.97. The Morgan fingerprint density at radius 3 is 2.47 bits per heavy atom. The molecule has 15 heavy (non-hydrogen) atoms. The molecule has 4 heteroatoms. The molecular weight excluding hydrogens is 196 g/mol. The van der Waals surface area contributed by atoms with Crippen LogP contribution in [-0.4, -0.2) is 24.2 Å². The average molecular weight is 214 g/mol. The van der Waals surface area contributed by atoms with E-state index < -0.39 is 5.97 Å². The molecule has 0 rings (SSSR count). The van der Waals surface area contributed by atoms with Gasteiger partial charge in [0.1, 0.15) is 0 Å². The van der Waals surface area contributed by atoms with Crippen molar-refractivity contribution in [3.63, 3.8) is 0 Å². The van der Waals surface area contributed by atoms with Gasteiger partial charge in [-0.2, -0.15) is 0 Å². The van der Waals surface area contributed by atoms with Crippen LogP contribution in [0.3, 0.4) is 0 Å². The van der Waals surface area contributed by atoms with E-state index in [1.807, 2.05) is 0 Å². The van der Waals surface area contributed by atoms with Gasteiger partial charge in [-0.1, -0.05) is 18.9 Å². The van der Waals surface area contributed by atoms with E-state index in [4.69, 9.17) is 5.11 Å². The van der Waals surface area contributed by atoms with Crippen molar-refractivity contribution in [2.75, 3.05) is 7.11 Å². The second-order valence-corrected chi connectivity index (χ2v) is 3.27. The van der Waals surface area contributed by atoms with E-state index in [0.29, 0.717) is 0 Å². The highest BCUT2D eigenvalue weighted by atomic mass is 16.5. The Labute approximate surface area is 89.9 Å². The van der Waals surface area contributed by atoms with Crippen molar-refractivity contribution in [3.8, 4) is 0 Å². The fourth-order valence-electron chi connectivity index (χ4n) is 1.14. The number of methoxy groups -OCH3 is 1. The van der Waals surface area contributed by atoms with Crippen molar-refractivity contribution >= 4 is 11.9 Å². The molecule has 4 nitrogen and oxygen atoms in total. The number of carbonyl (C=O) groups is 2. The largest absolute Gasteiger partial charge is 0.481 e. The number of carbonyl (C=O) groups excluding carboxylic acids is 1. The van der Waals surface area contributed by atoms with Gasteiger partial charge < -0.3 is 9.84 Å². The number of esters is 1. The second kappa shape index (κ2) is 9.24. The van der Waals surface area contributed by atoms with Gasteiger partial charge in [-0.15, -0.1) is 0 Å². The minimum Gasteiger partial charge on any atom is -0.481 e. The molecule has 0 aliphatic carbocycles. The molecule has 0 amide bonds. The van der Waals surface area contributed by atoms with Gasteiger partial charge in [-0.25, -0.2) is 4.79 Å². The quantitative estimate of drug-likeness (QED) is 0.382. The van der Waals surface area contributed by atoms with Crippen molar-refractivity contribution < 1.29 is 19.4 Å². The lowest BCUT2D eigenvalue weighted by Gasteiger charge is -1.96. The van der Waals surface area contributed by atoms with Crippen molar-refractivity contribution in [2.24, 2.45) is 0 Å². The van der Waals surface area contributed by atoms with Crippen LogP contribution < -0.4 is 0 Å². The summed E-state index contributed by atoms with van der Waals surface area (Å²) in [6, 6.07) is 0. The summed E-state index contributed by atoms with van der Waals surface area (Å²) in [6.45, 7) is 0. The first-order valence-electron chi connectivity index (χ1n) is 5.13. The third-order valence-electron chi connectivity index (χ3n) is 1.97. The second-order valence-electron chi connectivity index (χ2n) is 3.27. The number of aliphatic carboxylic acids is 1. The number of hydrogen-bond acceptors (Lipinski definition) is 3. The van der Waals surface area contributed by atoms with Crippen LogP contribution in [0.4, 0.5) is 0 Å². The van der Waals surface area contributed by atoms with Crippen molar-refractivity contribution in [1.29, 1.82) is 0 Å². The predicted molar refractivity (Wildman–Crippen MR) is 56.5 cm³/mol. The molecule has 0 aliphatic heterocycles.